The Labute approximate surface area is 124 Å². The highest BCUT2D eigenvalue weighted by Crippen LogP contribution is 2.30. The zero-order valence-electron chi connectivity index (χ0n) is 11.5. The van der Waals surface area contributed by atoms with E-state index in [1.807, 2.05) is 13.8 Å². The molecule has 0 radical (unpaired) electrons. The second kappa shape index (κ2) is 5.93. The number of pyridine rings is 2. The van der Waals surface area contributed by atoms with Crippen LogP contribution < -0.4 is 5.73 Å². The fourth-order valence-electron chi connectivity index (χ4n) is 1.71. The zero-order valence-corrected chi connectivity index (χ0v) is 12.3. The first kappa shape index (κ1) is 15.6. The molecule has 0 aliphatic heterocycles. The molecule has 2 aromatic heterocycles. The van der Waals surface area contributed by atoms with Crippen molar-refractivity contribution in [2.45, 2.75) is 30.8 Å². The van der Waals surface area contributed by atoms with Gasteiger partial charge < -0.3 is 5.73 Å². The second-order valence-electron chi connectivity index (χ2n) is 4.60. The molecular weight excluding hydrogens is 299 g/mol. The highest BCUT2D eigenvalue weighted by Gasteiger charge is 2.30. The van der Waals surface area contributed by atoms with Crippen LogP contribution in [0.1, 0.15) is 22.4 Å². The summed E-state index contributed by atoms with van der Waals surface area (Å²) < 4.78 is 37.3. The van der Waals surface area contributed by atoms with Crippen molar-refractivity contribution in [2.24, 2.45) is 0 Å². The number of aromatic nitrogens is 2. The van der Waals surface area contributed by atoms with Crippen molar-refractivity contribution < 1.29 is 13.2 Å². The van der Waals surface area contributed by atoms with Gasteiger partial charge in [-0.1, -0.05) is 0 Å². The predicted molar refractivity (Wildman–Crippen MR) is 76.9 cm³/mol. The molecule has 0 saturated carbocycles. The number of hydrogen-bond donors (Lipinski definition) is 1. The van der Waals surface area contributed by atoms with Crippen LogP contribution in [-0.2, 0) is 11.9 Å². The lowest BCUT2D eigenvalue weighted by Gasteiger charge is -2.10. The summed E-state index contributed by atoms with van der Waals surface area (Å²) >= 11 is 1.33. The quantitative estimate of drug-likeness (QED) is 0.871. The second-order valence-corrected chi connectivity index (χ2v) is 5.59. The molecule has 7 heteroatoms. The number of thioether (sulfide) groups is 1. The van der Waals surface area contributed by atoms with E-state index in [-0.39, 0.29) is 0 Å². The molecule has 112 valence electrons. The molecule has 0 fully saturated rings. The van der Waals surface area contributed by atoms with Gasteiger partial charge in [0.05, 0.1) is 16.3 Å². The molecule has 0 unspecified atom stereocenters. The Balaban J connectivity index is 2.09. The maximum absolute atomic E-state index is 12.4. The van der Waals surface area contributed by atoms with Crippen LogP contribution in [0.15, 0.2) is 29.6 Å². The summed E-state index contributed by atoms with van der Waals surface area (Å²) in [5.41, 5.74) is 8.49. The Morgan fingerprint density at radius 2 is 1.86 bits per heavy atom. The van der Waals surface area contributed by atoms with Gasteiger partial charge >= 0.3 is 6.18 Å². The lowest BCUT2D eigenvalue weighted by atomic mass is 10.1. The van der Waals surface area contributed by atoms with Crippen LogP contribution in [0.25, 0.3) is 0 Å². The average Bonchev–Trinajstić information content (AvgIpc) is 2.43. The summed E-state index contributed by atoms with van der Waals surface area (Å²) in [5.74, 6) is 0.509. The lowest BCUT2D eigenvalue weighted by Crippen LogP contribution is -2.05. The Morgan fingerprint density at radius 1 is 1.14 bits per heavy atom. The number of nitrogens with zero attached hydrogens (tertiary/aromatic N) is 2. The van der Waals surface area contributed by atoms with Crippen LogP contribution >= 0.6 is 11.8 Å². The van der Waals surface area contributed by atoms with Crippen LogP contribution in [0.2, 0.25) is 0 Å². The maximum atomic E-state index is 12.4. The summed E-state index contributed by atoms with van der Waals surface area (Å²) in [7, 11) is 0. The fourth-order valence-corrected chi connectivity index (χ4v) is 2.58. The lowest BCUT2D eigenvalue weighted by molar-refractivity contribution is -0.137. The van der Waals surface area contributed by atoms with Gasteiger partial charge in [0.15, 0.2) is 0 Å². The SMILES string of the molecule is Cc1cnc(CSc2ccc(C(F)(F)F)cn2)c(C)c1N. The van der Waals surface area contributed by atoms with Crippen LogP contribution in [0.4, 0.5) is 18.9 Å². The minimum atomic E-state index is -4.36. The van der Waals surface area contributed by atoms with E-state index in [2.05, 4.69) is 9.97 Å². The van der Waals surface area contributed by atoms with Crippen LogP contribution in [0.3, 0.4) is 0 Å². The minimum absolute atomic E-state index is 0.509. The molecule has 0 atom stereocenters. The molecule has 2 heterocycles. The highest BCUT2D eigenvalue weighted by atomic mass is 32.2. The van der Waals surface area contributed by atoms with Gasteiger partial charge in [-0.05, 0) is 37.1 Å². The number of hydrogen-bond acceptors (Lipinski definition) is 4. The third kappa shape index (κ3) is 3.66. The number of aryl methyl sites for hydroxylation is 1. The van der Waals surface area contributed by atoms with Gasteiger partial charge in [-0.3, -0.25) is 4.98 Å². The van der Waals surface area contributed by atoms with Gasteiger partial charge in [-0.25, -0.2) is 4.98 Å². The van der Waals surface area contributed by atoms with E-state index in [0.29, 0.717) is 16.5 Å². The molecule has 0 aromatic carbocycles. The zero-order chi connectivity index (χ0) is 15.6. The normalized spacial score (nSPS) is 11.7. The first-order valence-electron chi connectivity index (χ1n) is 6.15. The topological polar surface area (TPSA) is 51.8 Å². The third-order valence-corrected chi connectivity index (χ3v) is 4.05. The molecule has 0 spiro atoms. The molecule has 2 N–H and O–H groups in total. The van der Waals surface area contributed by atoms with Gasteiger partial charge in [-0.2, -0.15) is 13.2 Å². The van der Waals surface area contributed by atoms with Crippen LogP contribution in [0.5, 0.6) is 0 Å². The first-order chi connectivity index (χ1) is 9.79. The minimum Gasteiger partial charge on any atom is -0.398 e. The molecule has 0 aliphatic carbocycles. The number of nitrogen functional groups attached to an aromatic ring is 1. The Morgan fingerprint density at radius 3 is 2.43 bits per heavy atom. The van der Waals surface area contributed by atoms with Crippen molar-refractivity contribution >= 4 is 17.4 Å². The van der Waals surface area contributed by atoms with Crippen LogP contribution in [-0.4, -0.2) is 9.97 Å². The van der Waals surface area contributed by atoms with Crippen LogP contribution in [0, 0.1) is 13.8 Å². The van der Waals surface area contributed by atoms with Gasteiger partial charge in [-0.15, -0.1) is 11.8 Å². The van der Waals surface area contributed by atoms with E-state index in [9.17, 15) is 13.2 Å². The Bertz CT molecular complexity index is 639. The summed E-state index contributed by atoms with van der Waals surface area (Å²) in [5, 5.41) is 0.517. The van der Waals surface area contributed by atoms with Gasteiger partial charge in [0.25, 0.3) is 0 Å². The average molecular weight is 313 g/mol. The molecule has 0 bridgehead atoms. The molecule has 0 saturated heterocycles. The van der Waals surface area contributed by atoms with Gasteiger partial charge in [0, 0.05) is 23.8 Å². The largest absolute Gasteiger partial charge is 0.417 e. The molecule has 3 nitrogen and oxygen atoms in total. The number of rotatable bonds is 3. The van der Waals surface area contributed by atoms with Crippen molar-refractivity contribution in [2.75, 3.05) is 5.73 Å². The predicted octanol–water partition coefficient (Wildman–Crippen LogP) is 3.99. The summed E-state index contributed by atoms with van der Waals surface area (Å²) in [4.78, 5) is 8.12. The van der Waals surface area contributed by atoms with Crippen molar-refractivity contribution in [1.29, 1.82) is 0 Å². The van der Waals surface area contributed by atoms with Crippen molar-refractivity contribution in [3.63, 3.8) is 0 Å². The monoisotopic (exact) mass is 313 g/mol. The summed E-state index contributed by atoms with van der Waals surface area (Å²) in [6, 6.07) is 2.39. The first-order valence-corrected chi connectivity index (χ1v) is 7.14. The number of alkyl halides is 3. The molecule has 21 heavy (non-hydrogen) atoms. The van der Waals surface area contributed by atoms with Gasteiger partial charge in [0.2, 0.25) is 0 Å². The number of halogens is 3. The van der Waals surface area contributed by atoms with Gasteiger partial charge in [0.1, 0.15) is 0 Å². The fraction of sp³-hybridized carbons (Fsp3) is 0.286. The van der Waals surface area contributed by atoms with E-state index in [1.165, 1.54) is 17.8 Å². The Kier molecular flexibility index (Phi) is 4.41. The number of anilines is 1. The van der Waals surface area contributed by atoms with E-state index < -0.39 is 11.7 Å². The van der Waals surface area contributed by atoms with E-state index in [4.69, 9.17) is 5.73 Å². The standard InChI is InChI=1S/C14H14F3N3S/c1-8-5-19-11(9(2)13(8)18)7-21-12-4-3-10(6-20-12)14(15,16)17/h3-6H,7H2,1-2H3,(H2,18,19). The van der Waals surface area contributed by atoms with E-state index in [1.54, 1.807) is 6.20 Å². The highest BCUT2D eigenvalue weighted by molar-refractivity contribution is 7.98. The Hall–Kier alpha value is -1.76. The molecule has 0 aliphatic rings. The number of nitrogens with two attached hydrogens (primary N) is 1. The van der Waals surface area contributed by atoms with Crippen molar-refractivity contribution in [1.82, 2.24) is 9.97 Å². The van der Waals surface area contributed by atoms with Crippen molar-refractivity contribution in [3.8, 4) is 0 Å². The molecule has 2 rings (SSSR count). The van der Waals surface area contributed by atoms with Crippen molar-refractivity contribution in [3.05, 3.63) is 46.9 Å². The molecular formula is C14H14F3N3S. The van der Waals surface area contributed by atoms with E-state index in [0.717, 1.165) is 29.1 Å². The summed E-state index contributed by atoms with van der Waals surface area (Å²) in [6.45, 7) is 3.76. The molecule has 0 amide bonds. The maximum Gasteiger partial charge on any atom is 0.417 e. The smallest absolute Gasteiger partial charge is 0.398 e. The summed E-state index contributed by atoms with van der Waals surface area (Å²) in [6.07, 6.45) is -1.83. The third-order valence-electron chi connectivity index (χ3n) is 3.10. The molecule has 2 aromatic rings. The van der Waals surface area contributed by atoms with E-state index >= 15 is 0 Å².